The molecule has 0 saturated heterocycles. The molecule has 1 aromatic heterocycles. The minimum Gasteiger partial charge on any atom is -0.266 e. The second-order valence-corrected chi connectivity index (χ2v) is 5.13. The van der Waals surface area contributed by atoms with Crippen molar-refractivity contribution in [1.29, 1.82) is 0 Å². The quantitative estimate of drug-likeness (QED) is 0.770. The summed E-state index contributed by atoms with van der Waals surface area (Å²) in [5, 5.41) is 5.98. The summed E-state index contributed by atoms with van der Waals surface area (Å²) in [6, 6.07) is 6.35. The lowest BCUT2D eigenvalue weighted by Gasteiger charge is -2.23. The van der Waals surface area contributed by atoms with Crippen molar-refractivity contribution >= 4 is 26.8 Å². The molecule has 3 heteroatoms. The number of nitrogens with zero attached hydrogens (tertiary/aromatic N) is 2. The van der Waals surface area contributed by atoms with E-state index in [-0.39, 0.29) is 0 Å². The van der Waals surface area contributed by atoms with E-state index in [1.165, 1.54) is 35.9 Å². The largest absolute Gasteiger partial charge is 0.266 e. The zero-order valence-electron chi connectivity index (χ0n) is 8.70. The average molecular weight is 265 g/mol. The predicted molar refractivity (Wildman–Crippen MR) is 65.0 cm³/mol. The lowest BCUT2D eigenvalue weighted by atomic mass is 9.82. The van der Waals surface area contributed by atoms with Gasteiger partial charge in [0.2, 0.25) is 0 Å². The Hall–Kier alpha value is -0.830. The van der Waals surface area contributed by atoms with Crippen LogP contribution < -0.4 is 0 Å². The number of halogens is 1. The van der Waals surface area contributed by atoms with E-state index in [0.717, 1.165) is 4.47 Å². The highest BCUT2D eigenvalue weighted by Crippen LogP contribution is 2.39. The van der Waals surface area contributed by atoms with E-state index in [2.05, 4.69) is 39.2 Å². The van der Waals surface area contributed by atoms with Crippen LogP contribution >= 0.6 is 15.9 Å². The minimum atomic E-state index is 0.697. The molecular formula is C12H13BrN2. The van der Waals surface area contributed by atoms with Crippen molar-refractivity contribution in [3.63, 3.8) is 0 Å². The molecule has 3 rings (SSSR count). The van der Waals surface area contributed by atoms with Crippen LogP contribution in [0.4, 0.5) is 0 Å². The summed E-state index contributed by atoms with van der Waals surface area (Å²) in [6.45, 7) is 0. The molecule has 0 aliphatic heterocycles. The average Bonchev–Trinajstić information content (AvgIpc) is 2.43. The molecule has 0 amide bonds. The number of hydrogen-bond acceptors (Lipinski definition) is 1. The maximum absolute atomic E-state index is 4.66. The summed E-state index contributed by atoms with van der Waals surface area (Å²) in [7, 11) is 2.02. The highest BCUT2D eigenvalue weighted by molar-refractivity contribution is 9.10. The van der Waals surface area contributed by atoms with Gasteiger partial charge in [0.1, 0.15) is 0 Å². The van der Waals surface area contributed by atoms with E-state index in [4.69, 9.17) is 0 Å². The molecule has 0 N–H and O–H groups in total. The van der Waals surface area contributed by atoms with Gasteiger partial charge < -0.3 is 0 Å². The van der Waals surface area contributed by atoms with Crippen LogP contribution in [0.3, 0.4) is 0 Å². The number of aromatic nitrogens is 2. The van der Waals surface area contributed by atoms with Gasteiger partial charge in [-0.25, -0.2) is 0 Å². The Morgan fingerprint density at radius 3 is 2.87 bits per heavy atom. The summed E-state index contributed by atoms with van der Waals surface area (Å²) in [6.07, 6.45) is 3.97. The Morgan fingerprint density at radius 1 is 1.40 bits per heavy atom. The van der Waals surface area contributed by atoms with Gasteiger partial charge in [-0.15, -0.1) is 0 Å². The highest BCUT2D eigenvalue weighted by Gasteiger charge is 2.25. The number of fused-ring (bicyclic) bond motifs is 1. The SMILES string of the molecule is Cn1nc(C2CCC2)c2cccc(Br)c21. The first-order valence-corrected chi connectivity index (χ1v) is 6.18. The maximum Gasteiger partial charge on any atom is 0.0824 e. The summed E-state index contributed by atoms with van der Waals surface area (Å²) in [5.41, 5.74) is 2.51. The van der Waals surface area contributed by atoms with E-state index in [1.54, 1.807) is 0 Å². The molecule has 0 atom stereocenters. The molecule has 1 aromatic carbocycles. The van der Waals surface area contributed by atoms with Gasteiger partial charge in [0.15, 0.2) is 0 Å². The number of rotatable bonds is 1. The smallest absolute Gasteiger partial charge is 0.0824 e. The van der Waals surface area contributed by atoms with Crippen molar-refractivity contribution in [3.05, 3.63) is 28.4 Å². The second kappa shape index (κ2) is 3.34. The third-order valence-electron chi connectivity index (χ3n) is 3.34. The fourth-order valence-electron chi connectivity index (χ4n) is 2.30. The molecule has 1 aliphatic carbocycles. The predicted octanol–water partition coefficient (Wildman–Crippen LogP) is 3.60. The third-order valence-corrected chi connectivity index (χ3v) is 3.98. The molecule has 0 bridgehead atoms. The van der Waals surface area contributed by atoms with Crippen LogP contribution in [-0.4, -0.2) is 9.78 Å². The fourth-order valence-corrected chi connectivity index (χ4v) is 2.92. The lowest BCUT2D eigenvalue weighted by molar-refractivity contribution is 0.410. The van der Waals surface area contributed by atoms with E-state index >= 15 is 0 Å². The first kappa shape index (κ1) is 9.40. The molecule has 2 aromatic rings. The van der Waals surface area contributed by atoms with Gasteiger partial charge in [0, 0.05) is 22.8 Å². The van der Waals surface area contributed by atoms with E-state index in [1.807, 2.05) is 11.7 Å². The molecule has 0 unspecified atom stereocenters. The van der Waals surface area contributed by atoms with Crippen LogP contribution in [0.5, 0.6) is 0 Å². The molecule has 0 spiro atoms. The Kier molecular flexibility index (Phi) is 2.09. The molecule has 2 nitrogen and oxygen atoms in total. The highest BCUT2D eigenvalue weighted by atomic mass is 79.9. The van der Waals surface area contributed by atoms with Crippen molar-refractivity contribution in [1.82, 2.24) is 9.78 Å². The lowest BCUT2D eigenvalue weighted by Crippen LogP contribution is -2.09. The molecule has 1 saturated carbocycles. The zero-order valence-corrected chi connectivity index (χ0v) is 10.3. The maximum atomic E-state index is 4.66. The Balaban J connectivity index is 2.27. The van der Waals surface area contributed by atoms with Crippen LogP contribution in [0.25, 0.3) is 10.9 Å². The van der Waals surface area contributed by atoms with Crippen molar-refractivity contribution < 1.29 is 0 Å². The van der Waals surface area contributed by atoms with Crippen molar-refractivity contribution in [2.24, 2.45) is 7.05 Å². The zero-order chi connectivity index (χ0) is 10.4. The second-order valence-electron chi connectivity index (χ2n) is 4.27. The summed E-state index contributed by atoms with van der Waals surface area (Å²) < 4.78 is 3.13. The number of benzene rings is 1. The van der Waals surface area contributed by atoms with Gasteiger partial charge in [0.05, 0.1) is 11.2 Å². The summed E-state index contributed by atoms with van der Waals surface area (Å²) in [4.78, 5) is 0. The number of hydrogen-bond donors (Lipinski definition) is 0. The Morgan fingerprint density at radius 2 is 2.20 bits per heavy atom. The third kappa shape index (κ3) is 1.33. The normalized spacial score (nSPS) is 16.9. The van der Waals surface area contributed by atoms with Gasteiger partial charge in [-0.1, -0.05) is 18.6 Å². The first-order valence-electron chi connectivity index (χ1n) is 5.38. The fraction of sp³-hybridized carbons (Fsp3) is 0.417. The Bertz CT molecular complexity index is 512. The van der Waals surface area contributed by atoms with Crippen LogP contribution in [0.2, 0.25) is 0 Å². The van der Waals surface area contributed by atoms with Crippen molar-refractivity contribution in [2.75, 3.05) is 0 Å². The van der Waals surface area contributed by atoms with Crippen LogP contribution in [0, 0.1) is 0 Å². The van der Waals surface area contributed by atoms with Gasteiger partial charge in [-0.05, 0) is 34.8 Å². The molecule has 1 fully saturated rings. The molecule has 1 aliphatic rings. The minimum absolute atomic E-state index is 0.697. The molecule has 78 valence electrons. The molecular weight excluding hydrogens is 252 g/mol. The van der Waals surface area contributed by atoms with Crippen LogP contribution in [0.15, 0.2) is 22.7 Å². The van der Waals surface area contributed by atoms with Crippen LogP contribution in [-0.2, 0) is 7.05 Å². The first-order chi connectivity index (χ1) is 7.27. The van der Waals surface area contributed by atoms with E-state index in [9.17, 15) is 0 Å². The van der Waals surface area contributed by atoms with Crippen molar-refractivity contribution in [3.8, 4) is 0 Å². The van der Waals surface area contributed by atoms with Crippen LogP contribution in [0.1, 0.15) is 30.9 Å². The van der Waals surface area contributed by atoms with Gasteiger partial charge >= 0.3 is 0 Å². The van der Waals surface area contributed by atoms with E-state index in [0.29, 0.717) is 5.92 Å². The number of para-hydroxylation sites is 1. The van der Waals surface area contributed by atoms with E-state index < -0.39 is 0 Å². The summed E-state index contributed by atoms with van der Waals surface area (Å²) in [5.74, 6) is 0.697. The topological polar surface area (TPSA) is 17.8 Å². The van der Waals surface area contributed by atoms with Gasteiger partial charge in [-0.2, -0.15) is 5.10 Å². The standard InChI is InChI=1S/C12H13BrN2/c1-15-12-9(6-3-7-10(12)13)11(14-15)8-4-2-5-8/h3,6-8H,2,4-5H2,1H3. The Labute approximate surface area is 97.4 Å². The molecule has 15 heavy (non-hydrogen) atoms. The molecule has 1 heterocycles. The molecule has 0 radical (unpaired) electrons. The monoisotopic (exact) mass is 264 g/mol. The summed E-state index contributed by atoms with van der Waals surface area (Å²) >= 11 is 3.59. The van der Waals surface area contributed by atoms with Gasteiger partial charge in [-0.3, -0.25) is 4.68 Å². The van der Waals surface area contributed by atoms with Gasteiger partial charge in [0.25, 0.3) is 0 Å². The number of aryl methyl sites for hydroxylation is 1. The van der Waals surface area contributed by atoms with Crippen molar-refractivity contribution in [2.45, 2.75) is 25.2 Å².